The zero-order valence-electron chi connectivity index (χ0n) is 11.5. The lowest BCUT2D eigenvalue weighted by atomic mass is 10.1. The molecule has 0 spiro atoms. The molecule has 2 rings (SSSR count). The number of carbonyl (C=O) groups excluding carboxylic acids is 2. The van der Waals surface area contributed by atoms with Crippen LogP contribution >= 0.6 is 0 Å². The lowest BCUT2D eigenvalue weighted by molar-refractivity contribution is -0.141. The van der Waals surface area contributed by atoms with Crippen LogP contribution in [0.15, 0.2) is 24.3 Å². The Morgan fingerprint density at radius 1 is 1.25 bits per heavy atom. The monoisotopic (exact) mass is 277 g/mol. The van der Waals surface area contributed by atoms with Crippen LogP contribution in [0, 0.1) is 0 Å². The first-order valence-electron chi connectivity index (χ1n) is 6.78. The largest absolute Gasteiger partial charge is 0.508 e. The molecular weight excluding hydrogens is 258 g/mol. The second-order valence-electron chi connectivity index (χ2n) is 4.99. The van der Waals surface area contributed by atoms with E-state index in [-0.39, 0.29) is 24.2 Å². The van der Waals surface area contributed by atoms with Crippen molar-refractivity contribution in [2.24, 2.45) is 0 Å². The summed E-state index contributed by atoms with van der Waals surface area (Å²) in [6.07, 6.45) is 3.98. The Morgan fingerprint density at radius 2 is 1.85 bits per heavy atom. The fourth-order valence-electron chi connectivity index (χ4n) is 2.56. The SMILES string of the molecule is COC(=O)CN(C(=O)c1ccc(O)cc1)C1CCCC1. The van der Waals surface area contributed by atoms with Crippen molar-refractivity contribution < 1.29 is 19.4 Å². The highest BCUT2D eigenvalue weighted by atomic mass is 16.5. The van der Waals surface area contributed by atoms with E-state index in [1.807, 2.05) is 0 Å². The third-order valence-corrected chi connectivity index (χ3v) is 3.67. The standard InChI is InChI=1S/C15H19NO4/c1-20-14(18)10-16(12-4-2-3-5-12)15(19)11-6-8-13(17)9-7-11/h6-9,12,17H,2-5,10H2,1H3. The Hall–Kier alpha value is -2.04. The summed E-state index contributed by atoms with van der Waals surface area (Å²) in [6, 6.07) is 6.17. The zero-order chi connectivity index (χ0) is 14.5. The Balaban J connectivity index is 2.18. The maximum Gasteiger partial charge on any atom is 0.325 e. The topological polar surface area (TPSA) is 66.8 Å². The number of esters is 1. The fourth-order valence-corrected chi connectivity index (χ4v) is 2.56. The average Bonchev–Trinajstić information content (AvgIpc) is 2.98. The molecule has 1 amide bonds. The highest BCUT2D eigenvalue weighted by Crippen LogP contribution is 2.25. The summed E-state index contributed by atoms with van der Waals surface area (Å²) in [5.74, 6) is -0.492. The van der Waals surface area contributed by atoms with Crippen molar-refractivity contribution in [2.75, 3.05) is 13.7 Å². The van der Waals surface area contributed by atoms with Crippen LogP contribution in [0.1, 0.15) is 36.0 Å². The molecule has 1 aliphatic rings. The minimum atomic E-state index is -0.413. The average molecular weight is 277 g/mol. The van der Waals surface area contributed by atoms with Gasteiger partial charge in [-0.25, -0.2) is 0 Å². The third kappa shape index (κ3) is 3.29. The molecule has 1 aliphatic carbocycles. The molecule has 0 aromatic heterocycles. The van der Waals surface area contributed by atoms with Crippen LogP contribution in [0.25, 0.3) is 0 Å². The first-order chi connectivity index (χ1) is 9.61. The molecule has 1 fully saturated rings. The minimum Gasteiger partial charge on any atom is -0.508 e. The van der Waals surface area contributed by atoms with Gasteiger partial charge in [0, 0.05) is 11.6 Å². The number of benzene rings is 1. The molecule has 0 saturated heterocycles. The molecule has 0 bridgehead atoms. The van der Waals surface area contributed by atoms with Crippen LogP contribution < -0.4 is 0 Å². The summed E-state index contributed by atoms with van der Waals surface area (Å²) < 4.78 is 4.67. The molecule has 108 valence electrons. The van der Waals surface area contributed by atoms with Gasteiger partial charge in [0.15, 0.2) is 0 Å². The predicted octanol–water partition coefficient (Wildman–Crippen LogP) is 1.95. The fraction of sp³-hybridized carbons (Fsp3) is 0.467. The van der Waals surface area contributed by atoms with Gasteiger partial charge in [0.05, 0.1) is 7.11 Å². The van der Waals surface area contributed by atoms with Gasteiger partial charge in [-0.1, -0.05) is 12.8 Å². The Morgan fingerprint density at radius 3 is 2.40 bits per heavy atom. The van der Waals surface area contributed by atoms with Crippen LogP contribution in [-0.4, -0.2) is 41.6 Å². The lowest BCUT2D eigenvalue weighted by Crippen LogP contribution is -2.42. The number of phenolic OH excluding ortho intramolecular Hbond substituents is 1. The van der Waals surface area contributed by atoms with Crippen LogP contribution in [0.4, 0.5) is 0 Å². The number of ether oxygens (including phenoxy) is 1. The number of aromatic hydroxyl groups is 1. The number of rotatable bonds is 4. The second-order valence-corrected chi connectivity index (χ2v) is 4.99. The number of phenols is 1. The summed E-state index contributed by atoms with van der Waals surface area (Å²) in [5.41, 5.74) is 0.471. The van der Waals surface area contributed by atoms with Crippen LogP contribution in [0.2, 0.25) is 0 Å². The third-order valence-electron chi connectivity index (χ3n) is 3.67. The van der Waals surface area contributed by atoms with Crippen molar-refractivity contribution in [3.63, 3.8) is 0 Å². The van der Waals surface area contributed by atoms with E-state index in [1.54, 1.807) is 17.0 Å². The Kier molecular flexibility index (Phi) is 4.61. The number of hydrogen-bond acceptors (Lipinski definition) is 4. The van der Waals surface area contributed by atoms with Gasteiger partial charge in [-0.3, -0.25) is 9.59 Å². The normalized spacial score (nSPS) is 15.1. The number of amides is 1. The summed E-state index contributed by atoms with van der Waals surface area (Å²) >= 11 is 0. The summed E-state index contributed by atoms with van der Waals surface area (Å²) in [7, 11) is 1.32. The second kappa shape index (κ2) is 6.41. The first kappa shape index (κ1) is 14.4. The zero-order valence-corrected chi connectivity index (χ0v) is 11.5. The molecule has 5 nitrogen and oxygen atoms in total. The molecule has 1 aromatic carbocycles. The molecule has 20 heavy (non-hydrogen) atoms. The Labute approximate surface area is 118 Å². The first-order valence-corrected chi connectivity index (χ1v) is 6.78. The summed E-state index contributed by atoms with van der Waals surface area (Å²) in [6.45, 7) is -0.0269. The van der Waals surface area contributed by atoms with Gasteiger partial charge >= 0.3 is 5.97 Å². The van der Waals surface area contributed by atoms with Crippen molar-refractivity contribution in [3.8, 4) is 5.75 Å². The van der Waals surface area contributed by atoms with E-state index in [2.05, 4.69) is 4.74 Å². The molecule has 0 radical (unpaired) electrons. The van der Waals surface area contributed by atoms with Crippen molar-refractivity contribution in [1.82, 2.24) is 4.90 Å². The number of carbonyl (C=O) groups is 2. The molecule has 0 aliphatic heterocycles. The van der Waals surface area contributed by atoms with E-state index in [4.69, 9.17) is 0 Å². The quantitative estimate of drug-likeness (QED) is 0.854. The molecule has 0 heterocycles. The van der Waals surface area contributed by atoms with Crippen LogP contribution in [-0.2, 0) is 9.53 Å². The van der Waals surface area contributed by atoms with Crippen LogP contribution in [0.3, 0.4) is 0 Å². The van der Waals surface area contributed by atoms with E-state index >= 15 is 0 Å². The Bertz CT molecular complexity index is 477. The van der Waals surface area contributed by atoms with E-state index in [9.17, 15) is 14.7 Å². The van der Waals surface area contributed by atoms with Gasteiger partial charge in [0.25, 0.3) is 5.91 Å². The van der Waals surface area contributed by atoms with Gasteiger partial charge in [0.1, 0.15) is 12.3 Å². The van der Waals surface area contributed by atoms with E-state index < -0.39 is 5.97 Å². The van der Waals surface area contributed by atoms with E-state index in [1.165, 1.54) is 19.2 Å². The highest BCUT2D eigenvalue weighted by Gasteiger charge is 2.29. The van der Waals surface area contributed by atoms with Crippen molar-refractivity contribution in [2.45, 2.75) is 31.7 Å². The number of methoxy groups -OCH3 is 1. The minimum absolute atomic E-state index is 0.0269. The molecule has 5 heteroatoms. The molecule has 1 aromatic rings. The highest BCUT2D eigenvalue weighted by molar-refractivity contribution is 5.96. The molecule has 0 atom stereocenters. The van der Waals surface area contributed by atoms with Gasteiger partial charge < -0.3 is 14.7 Å². The lowest BCUT2D eigenvalue weighted by Gasteiger charge is -2.28. The molecule has 1 saturated carbocycles. The van der Waals surface area contributed by atoms with Gasteiger partial charge in [0.2, 0.25) is 0 Å². The van der Waals surface area contributed by atoms with E-state index in [0.29, 0.717) is 5.56 Å². The smallest absolute Gasteiger partial charge is 0.325 e. The number of hydrogen-bond donors (Lipinski definition) is 1. The van der Waals surface area contributed by atoms with Gasteiger partial charge in [-0.15, -0.1) is 0 Å². The van der Waals surface area contributed by atoms with Crippen LogP contribution in [0.5, 0.6) is 5.75 Å². The van der Waals surface area contributed by atoms with E-state index in [0.717, 1.165) is 25.7 Å². The number of nitrogens with zero attached hydrogens (tertiary/aromatic N) is 1. The maximum atomic E-state index is 12.5. The van der Waals surface area contributed by atoms with Crippen molar-refractivity contribution in [1.29, 1.82) is 0 Å². The van der Waals surface area contributed by atoms with Crippen molar-refractivity contribution >= 4 is 11.9 Å². The molecule has 0 unspecified atom stereocenters. The summed E-state index contributed by atoms with van der Waals surface area (Å²) in [5, 5.41) is 9.27. The summed E-state index contributed by atoms with van der Waals surface area (Å²) in [4.78, 5) is 25.6. The van der Waals surface area contributed by atoms with Gasteiger partial charge in [-0.05, 0) is 37.1 Å². The van der Waals surface area contributed by atoms with Gasteiger partial charge in [-0.2, -0.15) is 0 Å². The predicted molar refractivity (Wildman–Crippen MR) is 73.4 cm³/mol. The molecule has 1 N–H and O–H groups in total. The molecular formula is C15H19NO4. The maximum absolute atomic E-state index is 12.5. The van der Waals surface area contributed by atoms with Crippen molar-refractivity contribution in [3.05, 3.63) is 29.8 Å².